The van der Waals surface area contributed by atoms with E-state index in [4.69, 9.17) is 13.7 Å². The van der Waals surface area contributed by atoms with E-state index in [1.165, 1.54) is 0 Å². The molecule has 0 saturated carbocycles. The van der Waals surface area contributed by atoms with Gasteiger partial charge in [0.25, 0.3) is 0 Å². The van der Waals surface area contributed by atoms with Gasteiger partial charge in [0.05, 0.1) is 23.5 Å². The number of aromatic nitrogens is 2. The molecule has 1 aliphatic heterocycles. The van der Waals surface area contributed by atoms with E-state index in [2.05, 4.69) is 66.7 Å². The number of hydrogen-bond donors (Lipinski definition) is 0. The Morgan fingerprint density at radius 3 is 2.12 bits per heavy atom. The van der Waals surface area contributed by atoms with Gasteiger partial charge in [-0.1, -0.05) is 20.8 Å². The van der Waals surface area contributed by atoms with Crippen LogP contribution in [0.5, 0.6) is 0 Å². The van der Waals surface area contributed by atoms with Gasteiger partial charge < -0.3 is 13.7 Å². The lowest BCUT2D eigenvalue weighted by molar-refractivity contribution is 0.00578. The molecule has 1 aliphatic rings. The van der Waals surface area contributed by atoms with Crippen LogP contribution in [0.2, 0.25) is 18.1 Å². The summed E-state index contributed by atoms with van der Waals surface area (Å²) in [4.78, 5) is 0. The van der Waals surface area contributed by atoms with Gasteiger partial charge in [0, 0.05) is 18.7 Å². The molecule has 0 spiro atoms. The van der Waals surface area contributed by atoms with Crippen LogP contribution in [0.1, 0.15) is 54.2 Å². The number of rotatable bonds is 4. The molecule has 1 aromatic rings. The smallest absolute Gasteiger partial charge is 0.411 e. The van der Waals surface area contributed by atoms with E-state index in [1.54, 1.807) is 0 Å². The van der Waals surface area contributed by atoms with Crippen LogP contribution >= 0.6 is 0 Å². The molecular weight excluding hydrogens is 319 g/mol. The van der Waals surface area contributed by atoms with Crippen LogP contribution in [-0.4, -0.2) is 36.4 Å². The monoisotopic (exact) mass is 352 g/mol. The molecule has 0 radical (unpaired) electrons. The van der Waals surface area contributed by atoms with E-state index in [1.807, 2.05) is 17.9 Å². The maximum absolute atomic E-state index is 6.35. The fraction of sp³-hybridized carbons (Fsp3) is 0.824. The molecule has 0 unspecified atom stereocenters. The molecule has 1 aromatic heterocycles. The zero-order chi connectivity index (χ0) is 18.6. The van der Waals surface area contributed by atoms with Crippen LogP contribution in [0.25, 0.3) is 0 Å². The van der Waals surface area contributed by atoms with Crippen LogP contribution in [0.15, 0.2) is 6.20 Å². The maximum Gasteiger partial charge on any atom is 0.498 e. The summed E-state index contributed by atoms with van der Waals surface area (Å²) in [5.74, 6) is 0. The van der Waals surface area contributed by atoms with Gasteiger partial charge >= 0.3 is 7.12 Å². The van der Waals surface area contributed by atoms with Gasteiger partial charge in [-0.15, -0.1) is 0 Å². The Hall–Kier alpha value is -0.628. The summed E-state index contributed by atoms with van der Waals surface area (Å²) in [6, 6.07) is 0. The molecule has 0 aliphatic carbocycles. The molecule has 0 N–H and O–H groups in total. The summed E-state index contributed by atoms with van der Waals surface area (Å²) in [5, 5.41) is 4.76. The molecule has 2 rings (SSSR count). The first-order valence-electron chi connectivity index (χ1n) is 8.68. The third-order valence-corrected chi connectivity index (χ3v) is 10.3. The molecule has 1 saturated heterocycles. The van der Waals surface area contributed by atoms with Crippen LogP contribution in [0.4, 0.5) is 0 Å². The van der Waals surface area contributed by atoms with Crippen molar-refractivity contribution in [1.29, 1.82) is 0 Å². The average molecular weight is 352 g/mol. The largest absolute Gasteiger partial charge is 0.498 e. The van der Waals surface area contributed by atoms with Gasteiger partial charge in [-0.05, 0) is 45.8 Å². The lowest BCUT2D eigenvalue weighted by Gasteiger charge is -2.36. The number of aryl methyl sites for hydroxylation is 1. The number of nitrogens with zero attached hydrogens (tertiary/aromatic N) is 2. The van der Waals surface area contributed by atoms with Crippen LogP contribution in [0, 0.1) is 0 Å². The Morgan fingerprint density at radius 1 is 1.17 bits per heavy atom. The van der Waals surface area contributed by atoms with Crippen LogP contribution in [-0.2, 0) is 27.4 Å². The molecule has 7 heteroatoms. The molecule has 24 heavy (non-hydrogen) atoms. The second-order valence-corrected chi connectivity index (χ2v) is 14.2. The molecule has 0 aromatic carbocycles. The SMILES string of the molecule is Cn1cc(B2OC(C)(C)C(C)(C)O2)c(CO[Si](C)(C)C(C)(C)C)n1. The molecule has 0 atom stereocenters. The Balaban J connectivity index is 2.21. The van der Waals surface area contributed by atoms with Crippen molar-refractivity contribution in [1.82, 2.24) is 9.78 Å². The van der Waals surface area contributed by atoms with E-state index < -0.39 is 15.4 Å². The molecule has 0 bridgehead atoms. The van der Waals surface area contributed by atoms with Crippen molar-refractivity contribution < 1.29 is 13.7 Å². The van der Waals surface area contributed by atoms with E-state index in [0.717, 1.165) is 11.2 Å². The first kappa shape index (κ1) is 19.7. The topological polar surface area (TPSA) is 45.5 Å². The second kappa shape index (κ2) is 5.97. The van der Waals surface area contributed by atoms with Gasteiger partial charge in [0.1, 0.15) is 0 Å². The van der Waals surface area contributed by atoms with Gasteiger partial charge in [-0.2, -0.15) is 5.10 Å². The lowest BCUT2D eigenvalue weighted by atomic mass is 9.79. The normalized spacial score (nSPS) is 20.7. The molecule has 1 fully saturated rings. The summed E-state index contributed by atoms with van der Waals surface area (Å²) >= 11 is 0. The first-order chi connectivity index (χ1) is 10.7. The summed E-state index contributed by atoms with van der Waals surface area (Å²) in [6.07, 6.45) is 1.98. The lowest BCUT2D eigenvalue weighted by Crippen LogP contribution is -2.42. The Morgan fingerprint density at radius 2 is 1.67 bits per heavy atom. The quantitative estimate of drug-likeness (QED) is 0.781. The van der Waals surface area contributed by atoms with Gasteiger partial charge in [-0.3, -0.25) is 4.68 Å². The molecule has 5 nitrogen and oxygen atoms in total. The second-order valence-electron chi connectivity index (χ2n) is 9.34. The van der Waals surface area contributed by atoms with Crippen LogP contribution in [0.3, 0.4) is 0 Å². The Kier molecular flexibility index (Phi) is 4.90. The summed E-state index contributed by atoms with van der Waals surface area (Å²) in [6.45, 7) is 20.0. The van der Waals surface area contributed by atoms with Gasteiger partial charge in [-0.25, -0.2) is 0 Å². The Labute approximate surface area is 148 Å². The van der Waals surface area contributed by atoms with Crippen molar-refractivity contribution in [3.63, 3.8) is 0 Å². The van der Waals surface area contributed by atoms with Crippen molar-refractivity contribution in [2.24, 2.45) is 7.05 Å². The molecule has 0 amide bonds. The van der Waals surface area contributed by atoms with Gasteiger partial charge in [0.2, 0.25) is 0 Å². The highest BCUT2D eigenvalue weighted by Gasteiger charge is 2.52. The molecule has 136 valence electrons. The van der Waals surface area contributed by atoms with Crippen LogP contribution < -0.4 is 5.46 Å². The predicted molar refractivity (Wildman–Crippen MR) is 101 cm³/mol. The molecular formula is C17H33BN2O3Si. The van der Waals surface area contributed by atoms with Crippen molar-refractivity contribution >= 4 is 20.9 Å². The summed E-state index contributed by atoms with van der Waals surface area (Å²) < 4.78 is 20.5. The van der Waals surface area contributed by atoms with Gasteiger partial charge in [0.15, 0.2) is 8.32 Å². The number of hydrogen-bond acceptors (Lipinski definition) is 4. The highest BCUT2D eigenvalue weighted by Crippen LogP contribution is 2.38. The highest BCUT2D eigenvalue weighted by molar-refractivity contribution is 6.74. The maximum atomic E-state index is 6.35. The third kappa shape index (κ3) is 3.64. The van der Waals surface area contributed by atoms with Crippen molar-refractivity contribution in [3.05, 3.63) is 11.9 Å². The standard InChI is InChI=1S/C17H33BN2O3Si/c1-15(2,3)24(9,10)21-12-14-13(11-20(8)19-14)18-22-16(4,5)17(6,7)23-18/h11H,12H2,1-10H3. The predicted octanol–water partition coefficient (Wildman–Crippen LogP) is 3.24. The zero-order valence-corrected chi connectivity index (χ0v) is 18.0. The fourth-order valence-corrected chi connectivity index (χ4v) is 3.23. The van der Waals surface area contributed by atoms with E-state index in [-0.39, 0.29) is 16.2 Å². The average Bonchev–Trinajstić information content (AvgIpc) is 2.84. The highest BCUT2D eigenvalue weighted by atomic mass is 28.4. The van der Waals surface area contributed by atoms with Crippen molar-refractivity contribution in [2.75, 3.05) is 0 Å². The summed E-state index contributed by atoms with van der Waals surface area (Å²) in [7, 11) is -0.308. The third-order valence-electron chi connectivity index (χ3n) is 5.82. The summed E-state index contributed by atoms with van der Waals surface area (Å²) in [5.41, 5.74) is 1.16. The zero-order valence-electron chi connectivity index (χ0n) is 17.0. The van der Waals surface area contributed by atoms with E-state index >= 15 is 0 Å². The van der Waals surface area contributed by atoms with E-state index in [0.29, 0.717) is 6.61 Å². The minimum Gasteiger partial charge on any atom is -0.411 e. The minimum absolute atomic E-state index is 0.173. The minimum atomic E-state index is -1.83. The van der Waals surface area contributed by atoms with Crippen molar-refractivity contribution in [2.45, 2.75) is 84.4 Å². The fourth-order valence-electron chi connectivity index (χ4n) is 2.30. The molecule has 2 heterocycles. The first-order valence-corrected chi connectivity index (χ1v) is 11.6. The Bertz CT molecular complexity index is 589. The van der Waals surface area contributed by atoms with Crippen molar-refractivity contribution in [3.8, 4) is 0 Å². The van der Waals surface area contributed by atoms with E-state index in [9.17, 15) is 0 Å².